The summed E-state index contributed by atoms with van der Waals surface area (Å²) in [5.41, 5.74) is 2.86. The third-order valence-corrected chi connectivity index (χ3v) is 4.67. The summed E-state index contributed by atoms with van der Waals surface area (Å²) in [4.78, 5) is 16.6. The zero-order valence-corrected chi connectivity index (χ0v) is 17.9. The van der Waals surface area contributed by atoms with Crippen molar-refractivity contribution in [1.82, 2.24) is 0 Å². The number of carbonyl (C=O) groups excluding carboxylic acids is 1. The Kier molecular flexibility index (Phi) is 6.51. The van der Waals surface area contributed by atoms with Gasteiger partial charge in [-0.1, -0.05) is 30.4 Å². The second-order valence-electron chi connectivity index (χ2n) is 6.07. The van der Waals surface area contributed by atoms with Crippen LogP contribution in [-0.4, -0.2) is 25.1 Å². The van der Waals surface area contributed by atoms with Crippen LogP contribution in [0.25, 0.3) is 6.08 Å². The second-order valence-corrected chi connectivity index (χ2v) is 7.23. The molecule has 0 bridgehead atoms. The Bertz CT molecular complexity index is 978. The Morgan fingerprint density at radius 1 is 1.25 bits per heavy atom. The van der Waals surface area contributed by atoms with Crippen molar-refractivity contribution < 1.29 is 19.0 Å². The van der Waals surface area contributed by atoms with Crippen LogP contribution in [0.2, 0.25) is 0 Å². The summed E-state index contributed by atoms with van der Waals surface area (Å²) >= 11 is 2.18. The van der Waals surface area contributed by atoms with Crippen molar-refractivity contribution in [3.63, 3.8) is 0 Å². The van der Waals surface area contributed by atoms with Gasteiger partial charge in [-0.2, -0.15) is 0 Å². The van der Waals surface area contributed by atoms with Gasteiger partial charge in [-0.15, -0.1) is 0 Å². The number of benzene rings is 2. The molecule has 0 N–H and O–H groups in total. The summed E-state index contributed by atoms with van der Waals surface area (Å²) in [5, 5.41) is 0. The number of aliphatic imine (C=N–C) groups is 1. The van der Waals surface area contributed by atoms with Crippen LogP contribution in [0.1, 0.15) is 23.6 Å². The average Bonchev–Trinajstić information content (AvgIpc) is 3.02. The molecule has 0 saturated heterocycles. The summed E-state index contributed by atoms with van der Waals surface area (Å²) in [5.74, 6) is 1.10. The van der Waals surface area contributed by atoms with Gasteiger partial charge in [0.25, 0.3) is 0 Å². The summed E-state index contributed by atoms with van der Waals surface area (Å²) in [6, 6.07) is 11.4. The first-order chi connectivity index (χ1) is 13.5. The smallest absolute Gasteiger partial charge is 0.363 e. The van der Waals surface area contributed by atoms with E-state index in [4.69, 9.17) is 14.2 Å². The molecule has 144 valence electrons. The van der Waals surface area contributed by atoms with Crippen LogP contribution in [0.3, 0.4) is 0 Å². The molecule has 0 fully saturated rings. The minimum atomic E-state index is -0.476. The van der Waals surface area contributed by atoms with Crippen LogP contribution in [0, 0.1) is 10.5 Å². The van der Waals surface area contributed by atoms with Crippen LogP contribution in [0.15, 0.2) is 59.7 Å². The van der Waals surface area contributed by atoms with Gasteiger partial charge in [0.2, 0.25) is 5.90 Å². The predicted octanol–water partition coefficient (Wildman–Crippen LogP) is 4.91. The second kappa shape index (κ2) is 9.05. The quantitative estimate of drug-likeness (QED) is 0.240. The van der Waals surface area contributed by atoms with E-state index in [9.17, 15) is 4.79 Å². The zero-order chi connectivity index (χ0) is 20.1. The van der Waals surface area contributed by atoms with Gasteiger partial charge in [-0.25, -0.2) is 9.79 Å². The van der Waals surface area contributed by atoms with E-state index in [1.807, 2.05) is 50.2 Å². The molecule has 0 atom stereocenters. The normalized spacial score (nSPS) is 14.6. The summed E-state index contributed by atoms with van der Waals surface area (Å²) < 4.78 is 17.6. The predicted molar refractivity (Wildman–Crippen MR) is 118 cm³/mol. The van der Waals surface area contributed by atoms with E-state index < -0.39 is 5.97 Å². The van der Waals surface area contributed by atoms with E-state index in [1.165, 1.54) is 0 Å². The fraction of sp³-hybridized carbons (Fsp3) is 0.182. The number of hydrogen-bond donors (Lipinski definition) is 0. The number of halogens is 1. The monoisotopic (exact) mass is 489 g/mol. The Balaban J connectivity index is 1.95. The lowest BCUT2D eigenvalue weighted by Crippen LogP contribution is -2.05. The van der Waals surface area contributed by atoms with Gasteiger partial charge in [0.05, 0.1) is 10.2 Å². The van der Waals surface area contributed by atoms with Gasteiger partial charge in [-0.05, 0) is 72.3 Å². The van der Waals surface area contributed by atoms with Crippen molar-refractivity contribution in [3.05, 3.63) is 75.0 Å². The van der Waals surface area contributed by atoms with Crippen LogP contribution in [-0.2, 0) is 9.53 Å². The Morgan fingerprint density at radius 2 is 2.07 bits per heavy atom. The average molecular weight is 489 g/mol. The number of ether oxygens (including phenoxy) is 3. The number of carbonyl (C=O) groups is 1. The maximum atomic E-state index is 12.3. The highest BCUT2D eigenvalue weighted by molar-refractivity contribution is 14.1. The van der Waals surface area contributed by atoms with E-state index in [-0.39, 0.29) is 5.70 Å². The molecular formula is C22H20INO4. The number of hydrogen-bond acceptors (Lipinski definition) is 5. The molecule has 1 aliphatic rings. The molecule has 2 aromatic rings. The topological polar surface area (TPSA) is 57.1 Å². The van der Waals surface area contributed by atoms with E-state index in [0.717, 1.165) is 20.3 Å². The molecule has 0 aromatic heterocycles. The third-order valence-electron chi connectivity index (χ3n) is 3.87. The highest BCUT2D eigenvalue weighted by Gasteiger charge is 2.24. The van der Waals surface area contributed by atoms with Crippen LogP contribution < -0.4 is 9.47 Å². The van der Waals surface area contributed by atoms with Crippen LogP contribution >= 0.6 is 22.6 Å². The van der Waals surface area contributed by atoms with Gasteiger partial charge >= 0.3 is 5.97 Å². The molecule has 3 rings (SSSR count). The lowest BCUT2D eigenvalue weighted by Gasteiger charge is -2.13. The first-order valence-electron chi connectivity index (χ1n) is 8.81. The van der Waals surface area contributed by atoms with E-state index in [2.05, 4.69) is 34.2 Å². The number of nitrogens with zero attached hydrogens (tertiary/aromatic N) is 1. The van der Waals surface area contributed by atoms with Gasteiger partial charge in [0, 0.05) is 5.56 Å². The van der Waals surface area contributed by atoms with Gasteiger partial charge in [0.15, 0.2) is 17.2 Å². The maximum absolute atomic E-state index is 12.3. The van der Waals surface area contributed by atoms with Gasteiger partial charge < -0.3 is 14.2 Å². The van der Waals surface area contributed by atoms with E-state index >= 15 is 0 Å². The fourth-order valence-corrected chi connectivity index (χ4v) is 3.47. The largest absolute Gasteiger partial charge is 0.490 e. The molecule has 5 nitrogen and oxygen atoms in total. The maximum Gasteiger partial charge on any atom is 0.363 e. The Morgan fingerprint density at radius 3 is 2.79 bits per heavy atom. The minimum Gasteiger partial charge on any atom is -0.490 e. The SMILES string of the molecule is C=CCOc1c(I)cc(/C=C2\N=C(c3cccc(C)c3)OC2=O)cc1OCC. The van der Waals surface area contributed by atoms with Crippen LogP contribution in [0.5, 0.6) is 11.5 Å². The molecule has 0 saturated carbocycles. The molecule has 1 aliphatic heterocycles. The Hall–Kier alpha value is -2.61. The minimum absolute atomic E-state index is 0.245. The lowest BCUT2D eigenvalue weighted by molar-refractivity contribution is -0.129. The van der Waals surface area contributed by atoms with Gasteiger partial charge in [0.1, 0.15) is 6.61 Å². The fourth-order valence-electron chi connectivity index (χ4n) is 2.69. The molecule has 28 heavy (non-hydrogen) atoms. The summed E-state index contributed by atoms with van der Waals surface area (Å²) in [6.07, 6.45) is 3.37. The van der Waals surface area contributed by atoms with E-state index in [1.54, 1.807) is 12.2 Å². The zero-order valence-electron chi connectivity index (χ0n) is 15.7. The van der Waals surface area contributed by atoms with Crippen molar-refractivity contribution in [2.45, 2.75) is 13.8 Å². The number of aryl methyl sites for hydroxylation is 1. The highest BCUT2D eigenvalue weighted by Crippen LogP contribution is 2.35. The lowest BCUT2D eigenvalue weighted by atomic mass is 10.1. The Labute approximate surface area is 177 Å². The van der Waals surface area contributed by atoms with Crippen LogP contribution in [0.4, 0.5) is 0 Å². The number of rotatable bonds is 7. The molecular weight excluding hydrogens is 469 g/mol. The first kappa shape index (κ1) is 20.1. The third kappa shape index (κ3) is 4.62. The number of cyclic esters (lactones) is 1. The molecule has 0 spiro atoms. The van der Waals surface area contributed by atoms with Crippen molar-refractivity contribution in [2.75, 3.05) is 13.2 Å². The number of esters is 1. The molecule has 0 radical (unpaired) electrons. The standard InChI is InChI=1S/C22H20INO4/c1-4-9-27-20-17(23)11-15(13-19(20)26-5-2)12-18-22(25)28-21(24-18)16-8-6-7-14(3)10-16/h4,6-8,10-13H,1,5,9H2,2-3H3/b18-12-. The summed E-state index contributed by atoms with van der Waals surface area (Å²) in [7, 11) is 0. The van der Waals surface area contributed by atoms with Crippen molar-refractivity contribution in [1.29, 1.82) is 0 Å². The molecule has 1 heterocycles. The summed E-state index contributed by atoms with van der Waals surface area (Å²) in [6.45, 7) is 8.43. The van der Waals surface area contributed by atoms with Gasteiger partial charge in [-0.3, -0.25) is 0 Å². The highest BCUT2D eigenvalue weighted by atomic mass is 127. The van der Waals surface area contributed by atoms with Crippen molar-refractivity contribution in [2.24, 2.45) is 4.99 Å². The molecule has 0 unspecified atom stereocenters. The molecule has 0 aliphatic carbocycles. The van der Waals surface area contributed by atoms with Crippen molar-refractivity contribution in [3.8, 4) is 11.5 Å². The molecule has 6 heteroatoms. The molecule has 2 aromatic carbocycles. The first-order valence-corrected chi connectivity index (χ1v) is 9.89. The molecule has 0 amide bonds. The van der Waals surface area contributed by atoms with Crippen molar-refractivity contribution >= 4 is 40.5 Å². The van der Waals surface area contributed by atoms with E-state index in [0.29, 0.717) is 30.6 Å².